The largest absolute Gasteiger partial charge is 0.493 e. The predicted molar refractivity (Wildman–Crippen MR) is 176 cm³/mol. The average Bonchev–Trinajstić information content (AvgIpc) is 3.68. The Kier molecular flexibility index (Phi) is 12.5. The highest BCUT2D eigenvalue weighted by atomic mass is 16.5. The van der Waals surface area contributed by atoms with Crippen LogP contribution >= 0.6 is 0 Å². The monoisotopic (exact) mass is 665 g/mol. The van der Waals surface area contributed by atoms with Gasteiger partial charge in [-0.15, -0.1) is 0 Å². The number of carbonyl (C=O) groups excluding carboxylic acids is 4. The molecule has 3 atom stereocenters. The molecule has 0 saturated carbocycles. The molecule has 1 aliphatic heterocycles. The van der Waals surface area contributed by atoms with Gasteiger partial charge in [0.1, 0.15) is 29.9 Å². The Morgan fingerprint density at radius 2 is 1.81 bits per heavy atom. The first-order valence-corrected chi connectivity index (χ1v) is 16.3. The van der Waals surface area contributed by atoms with E-state index in [1.54, 1.807) is 39.0 Å². The fourth-order valence-electron chi connectivity index (χ4n) is 5.54. The lowest BCUT2D eigenvalue weighted by atomic mass is 9.97. The molecule has 15 nitrogen and oxygen atoms in total. The van der Waals surface area contributed by atoms with Gasteiger partial charge in [-0.3, -0.25) is 19.2 Å². The van der Waals surface area contributed by atoms with Crippen molar-refractivity contribution >= 4 is 23.6 Å². The molecule has 1 aliphatic rings. The highest BCUT2D eigenvalue weighted by Gasteiger charge is 2.29. The van der Waals surface area contributed by atoms with E-state index in [4.69, 9.17) is 14.5 Å². The van der Waals surface area contributed by atoms with Crippen LogP contribution in [0.4, 0.5) is 0 Å². The van der Waals surface area contributed by atoms with Crippen LogP contribution < -0.4 is 25.4 Å². The molecule has 0 aliphatic carbocycles. The Bertz CT molecular complexity index is 1580. The van der Waals surface area contributed by atoms with E-state index < -0.39 is 12.1 Å². The molecule has 4 N–H and O–H groups in total. The molecule has 260 valence electrons. The minimum absolute atomic E-state index is 0.129. The van der Waals surface area contributed by atoms with Crippen molar-refractivity contribution in [1.82, 2.24) is 45.6 Å². The normalized spacial score (nSPS) is 19.2. The maximum absolute atomic E-state index is 13.6. The average molecular weight is 666 g/mol. The van der Waals surface area contributed by atoms with E-state index in [0.717, 1.165) is 5.56 Å². The second kappa shape index (κ2) is 16.7. The first-order valence-electron chi connectivity index (χ1n) is 16.3. The summed E-state index contributed by atoms with van der Waals surface area (Å²) in [5.74, 6) is 1.31. The van der Waals surface area contributed by atoms with Gasteiger partial charge in [-0.25, -0.2) is 14.6 Å². The van der Waals surface area contributed by atoms with Crippen LogP contribution in [0, 0.1) is 12.8 Å². The predicted octanol–water partition coefficient (Wildman–Crippen LogP) is 2.07. The smallest absolute Gasteiger partial charge is 0.271 e. The molecule has 4 amide bonds. The molecular weight excluding hydrogens is 618 g/mol. The number of hydrogen-bond acceptors (Lipinski definition) is 9. The summed E-state index contributed by atoms with van der Waals surface area (Å²) < 4.78 is 12.3. The number of H-pyrrole nitrogens is 1. The number of aromatic nitrogens is 5. The van der Waals surface area contributed by atoms with Gasteiger partial charge >= 0.3 is 0 Å². The van der Waals surface area contributed by atoms with Gasteiger partial charge in [0, 0.05) is 32.5 Å². The lowest BCUT2D eigenvalue weighted by molar-refractivity contribution is -0.130. The SMILES string of the molecule is CC[C@H](C)[C@@H]1NC(=O)CCCN(C(=O)c2cnc(C)[nH]2)CCCNC(=O)Cn2nc(Cc3ccc(OC)c(OC)c3)nc2[C@@H](C)NC1=O. The van der Waals surface area contributed by atoms with Crippen LogP contribution in [-0.4, -0.2) is 93.2 Å². The molecule has 48 heavy (non-hydrogen) atoms. The van der Waals surface area contributed by atoms with Crippen molar-refractivity contribution in [2.24, 2.45) is 5.92 Å². The summed E-state index contributed by atoms with van der Waals surface area (Å²) in [6.07, 6.45) is 3.51. The van der Waals surface area contributed by atoms with E-state index >= 15 is 0 Å². The highest BCUT2D eigenvalue weighted by Crippen LogP contribution is 2.28. The number of nitrogens with zero attached hydrogens (tertiary/aromatic N) is 5. The molecule has 4 rings (SSSR count). The fourth-order valence-corrected chi connectivity index (χ4v) is 5.54. The number of aromatic amines is 1. The molecular formula is C33H47N9O6. The van der Waals surface area contributed by atoms with E-state index in [1.807, 2.05) is 26.0 Å². The Hall–Kier alpha value is -4.95. The molecule has 0 bridgehead atoms. The molecule has 0 saturated heterocycles. The van der Waals surface area contributed by atoms with Crippen LogP contribution in [-0.2, 0) is 27.3 Å². The number of carbonyl (C=O) groups is 4. The van der Waals surface area contributed by atoms with Crippen molar-refractivity contribution in [1.29, 1.82) is 0 Å². The maximum Gasteiger partial charge on any atom is 0.271 e. The molecule has 0 fully saturated rings. The Balaban J connectivity index is 1.60. The van der Waals surface area contributed by atoms with Crippen LogP contribution in [0.25, 0.3) is 0 Å². The highest BCUT2D eigenvalue weighted by molar-refractivity contribution is 5.92. The Labute approximate surface area is 280 Å². The number of hydrogen-bond donors (Lipinski definition) is 4. The van der Waals surface area contributed by atoms with Gasteiger partial charge in [-0.05, 0) is 50.3 Å². The molecule has 0 spiro atoms. The first kappa shape index (κ1) is 35.9. The van der Waals surface area contributed by atoms with Gasteiger partial charge in [0.05, 0.1) is 26.5 Å². The number of imidazole rings is 1. The van der Waals surface area contributed by atoms with Gasteiger partial charge in [0.25, 0.3) is 5.91 Å². The summed E-state index contributed by atoms with van der Waals surface area (Å²) in [6.45, 7) is 8.26. The number of ether oxygens (including phenoxy) is 2. The number of amides is 4. The molecule has 3 heterocycles. The summed E-state index contributed by atoms with van der Waals surface area (Å²) >= 11 is 0. The lowest BCUT2D eigenvalue weighted by Crippen LogP contribution is -2.51. The fraction of sp³-hybridized carbons (Fsp3) is 0.545. The standard InChI is InChI=1S/C33H47N9O6/c1-7-20(2)30-32(45)36-21(3)31-38-27(17-23-11-12-25(47-5)26(16-23)48-6)40-42(31)19-29(44)34-13-9-15-41(14-8-10-28(43)39-30)33(46)24-18-35-22(4)37-24/h11-12,16,18,20-21,30H,7-10,13-15,17,19H2,1-6H3,(H,34,44)(H,35,37)(H,36,45)(H,39,43)/t20-,21+,30-/m0/s1. The molecule has 1 aromatic carbocycles. The van der Waals surface area contributed by atoms with E-state index in [0.29, 0.717) is 80.0 Å². The number of nitrogens with one attached hydrogen (secondary N) is 4. The van der Waals surface area contributed by atoms with Crippen LogP contribution in [0.5, 0.6) is 11.5 Å². The number of aryl methyl sites for hydroxylation is 1. The van der Waals surface area contributed by atoms with Gasteiger partial charge in [-0.2, -0.15) is 5.10 Å². The quantitative estimate of drug-likeness (QED) is 0.293. The van der Waals surface area contributed by atoms with Crippen molar-refractivity contribution < 1.29 is 28.7 Å². The van der Waals surface area contributed by atoms with Gasteiger partial charge in [-0.1, -0.05) is 26.3 Å². The Morgan fingerprint density at radius 1 is 1.06 bits per heavy atom. The maximum atomic E-state index is 13.6. The zero-order valence-electron chi connectivity index (χ0n) is 28.6. The van der Waals surface area contributed by atoms with Crippen LogP contribution in [0.15, 0.2) is 24.4 Å². The number of fused-ring (bicyclic) bond motifs is 1. The third kappa shape index (κ3) is 9.32. The summed E-state index contributed by atoms with van der Waals surface area (Å²) in [7, 11) is 3.13. The Morgan fingerprint density at radius 3 is 2.50 bits per heavy atom. The van der Waals surface area contributed by atoms with Crippen molar-refractivity contribution in [2.75, 3.05) is 33.9 Å². The third-order valence-corrected chi connectivity index (χ3v) is 8.39. The van der Waals surface area contributed by atoms with Crippen LogP contribution in [0.1, 0.15) is 86.0 Å². The summed E-state index contributed by atoms with van der Waals surface area (Å²) in [5, 5.41) is 13.5. The molecule has 15 heteroatoms. The molecule has 0 unspecified atom stereocenters. The van der Waals surface area contributed by atoms with Gasteiger partial charge < -0.3 is 35.3 Å². The van der Waals surface area contributed by atoms with Crippen molar-refractivity contribution in [3.63, 3.8) is 0 Å². The van der Waals surface area contributed by atoms with Crippen molar-refractivity contribution in [3.8, 4) is 11.5 Å². The van der Waals surface area contributed by atoms with E-state index in [2.05, 4.69) is 31.0 Å². The van der Waals surface area contributed by atoms with Crippen molar-refractivity contribution in [3.05, 3.63) is 53.1 Å². The minimum atomic E-state index is -0.791. The summed E-state index contributed by atoms with van der Waals surface area (Å²) in [6, 6.07) is 4.11. The second-order valence-electron chi connectivity index (χ2n) is 12.1. The van der Waals surface area contributed by atoms with E-state index in [-0.39, 0.29) is 42.5 Å². The third-order valence-electron chi connectivity index (χ3n) is 8.39. The zero-order chi connectivity index (χ0) is 34.8. The molecule has 3 aromatic rings. The van der Waals surface area contributed by atoms with Gasteiger partial charge in [0.15, 0.2) is 17.3 Å². The lowest BCUT2D eigenvalue weighted by Gasteiger charge is -2.26. The molecule has 0 radical (unpaired) electrons. The van der Waals surface area contributed by atoms with E-state index in [1.165, 1.54) is 10.9 Å². The number of benzene rings is 1. The number of rotatable bonds is 7. The van der Waals surface area contributed by atoms with E-state index in [9.17, 15) is 19.2 Å². The van der Waals surface area contributed by atoms with Crippen LogP contribution in [0.2, 0.25) is 0 Å². The van der Waals surface area contributed by atoms with Gasteiger partial charge in [0.2, 0.25) is 17.7 Å². The number of methoxy groups -OCH3 is 2. The van der Waals surface area contributed by atoms with Crippen molar-refractivity contribution in [2.45, 2.75) is 78.4 Å². The topological polar surface area (TPSA) is 185 Å². The summed E-state index contributed by atoms with van der Waals surface area (Å²) in [4.78, 5) is 66.6. The van der Waals surface area contributed by atoms with Crippen LogP contribution in [0.3, 0.4) is 0 Å². The minimum Gasteiger partial charge on any atom is -0.493 e. The first-order chi connectivity index (χ1) is 23.0. The zero-order valence-corrected chi connectivity index (χ0v) is 28.6. The second-order valence-corrected chi connectivity index (χ2v) is 12.1. The summed E-state index contributed by atoms with van der Waals surface area (Å²) in [5.41, 5.74) is 1.22. The molecule has 2 aromatic heterocycles.